The van der Waals surface area contributed by atoms with E-state index in [1.807, 2.05) is 32.6 Å². The van der Waals surface area contributed by atoms with E-state index < -0.39 is 17.0 Å². The van der Waals surface area contributed by atoms with Crippen LogP contribution in [0.15, 0.2) is 0 Å². The number of hydrogen-bond donors (Lipinski definition) is 1. The Labute approximate surface area is 96.6 Å². The highest BCUT2D eigenvalue weighted by Gasteiger charge is 2.48. The fourth-order valence-electron chi connectivity index (χ4n) is 3.31. The number of hydrogen-bond acceptors (Lipinski definition) is 2. The van der Waals surface area contributed by atoms with Crippen molar-refractivity contribution in [3.05, 3.63) is 0 Å². The van der Waals surface area contributed by atoms with E-state index in [4.69, 9.17) is 5.11 Å². The largest absolute Gasteiger partial charge is 0.481 e. The van der Waals surface area contributed by atoms with E-state index >= 15 is 0 Å². The van der Waals surface area contributed by atoms with Crippen LogP contribution in [0.3, 0.4) is 0 Å². The molecule has 92 valence electrons. The monoisotopic (exact) mass is 227 g/mol. The van der Waals surface area contributed by atoms with E-state index in [2.05, 4.69) is 0 Å². The van der Waals surface area contributed by atoms with Crippen molar-refractivity contribution in [2.75, 3.05) is 0 Å². The summed E-state index contributed by atoms with van der Waals surface area (Å²) in [4.78, 5) is 24.6. The highest BCUT2D eigenvalue weighted by atomic mass is 16.4. The van der Waals surface area contributed by atoms with Crippen molar-refractivity contribution in [2.45, 2.75) is 58.5 Å². The fraction of sp³-hybridized carbons (Fsp3) is 0.833. The maximum absolute atomic E-state index is 11.7. The van der Waals surface area contributed by atoms with Gasteiger partial charge >= 0.3 is 5.97 Å². The third-order valence-corrected chi connectivity index (χ3v) is 3.37. The second kappa shape index (κ2) is 3.75. The average molecular weight is 227 g/mol. The van der Waals surface area contributed by atoms with E-state index in [1.165, 1.54) is 0 Å². The van der Waals surface area contributed by atoms with Crippen molar-refractivity contribution in [3.63, 3.8) is 0 Å². The summed E-state index contributed by atoms with van der Waals surface area (Å²) in [5.41, 5.74) is -0.784. The molecule has 0 bridgehead atoms. The van der Waals surface area contributed by atoms with Gasteiger partial charge in [-0.2, -0.15) is 0 Å². The van der Waals surface area contributed by atoms with Gasteiger partial charge in [-0.25, -0.2) is 0 Å². The fourth-order valence-corrected chi connectivity index (χ4v) is 3.31. The van der Waals surface area contributed by atoms with Crippen molar-refractivity contribution in [1.82, 2.24) is 4.90 Å². The molecule has 4 nitrogen and oxygen atoms in total. The molecule has 1 saturated heterocycles. The Kier molecular flexibility index (Phi) is 3.05. The van der Waals surface area contributed by atoms with Crippen molar-refractivity contribution in [2.24, 2.45) is 5.92 Å². The first-order chi connectivity index (χ1) is 7.08. The minimum atomic E-state index is -0.760. The van der Waals surface area contributed by atoms with Gasteiger partial charge in [-0.15, -0.1) is 0 Å². The molecule has 0 radical (unpaired) electrons. The minimum Gasteiger partial charge on any atom is -0.481 e. The zero-order valence-corrected chi connectivity index (χ0v) is 10.7. The number of piperidine rings is 1. The van der Waals surface area contributed by atoms with E-state index in [0.29, 0.717) is 12.8 Å². The van der Waals surface area contributed by atoms with Crippen molar-refractivity contribution in [3.8, 4) is 0 Å². The molecule has 0 aromatic heterocycles. The molecule has 0 saturated carbocycles. The van der Waals surface area contributed by atoms with Gasteiger partial charge in [0.05, 0.1) is 5.92 Å². The Morgan fingerprint density at radius 3 is 1.75 bits per heavy atom. The van der Waals surface area contributed by atoms with Crippen LogP contribution in [0.25, 0.3) is 0 Å². The number of carboxylic acid groups (broad SMARTS) is 1. The normalized spacial score (nSPS) is 24.2. The lowest BCUT2D eigenvalue weighted by atomic mass is 9.73. The number of aliphatic carboxylic acids is 1. The van der Waals surface area contributed by atoms with Crippen molar-refractivity contribution >= 4 is 11.9 Å². The number of likely N-dealkylation sites (tertiary alicyclic amines) is 1. The molecule has 1 rings (SSSR count). The van der Waals surface area contributed by atoms with Gasteiger partial charge in [-0.05, 0) is 40.5 Å². The molecule has 0 atom stereocenters. The molecule has 16 heavy (non-hydrogen) atoms. The third-order valence-electron chi connectivity index (χ3n) is 3.37. The van der Waals surface area contributed by atoms with E-state index in [1.54, 1.807) is 6.92 Å². The van der Waals surface area contributed by atoms with Gasteiger partial charge in [-0.1, -0.05) is 0 Å². The molecule has 0 aromatic rings. The molecule has 1 fully saturated rings. The van der Waals surface area contributed by atoms with Crippen LogP contribution in [0.5, 0.6) is 0 Å². The smallest absolute Gasteiger partial charge is 0.306 e. The molecule has 1 heterocycles. The van der Waals surface area contributed by atoms with Gasteiger partial charge in [0.25, 0.3) is 0 Å². The molecule has 0 aliphatic carbocycles. The molecule has 0 aromatic carbocycles. The number of amides is 1. The molecule has 1 aliphatic rings. The van der Waals surface area contributed by atoms with Crippen LogP contribution in [0, 0.1) is 5.92 Å². The molecule has 1 amide bonds. The summed E-state index contributed by atoms with van der Waals surface area (Å²) in [6.45, 7) is 9.29. The lowest BCUT2D eigenvalue weighted by Crippen LogP contribution is -2.63. The first-order valence-electron chi connectivity index (χ1n) is 5.61. The Morgan fingerprint density at radius 2 is 1.50 bits per heavy atom. The maximum atomic E-state index is 11.7. The molecule has 1 N–H and O–H groups in total. The van der Waals surface area contributed by atoms with E-state index in [0.717, 1.165) is 0 Å². The zero-order valence-electron chi connectivity index (χ0n) is 10.7. The summed E-state index contributed by atoms with van der Waals surface area (Å²) in [5, 5.41) is 9.12. The third kappa shape index (κ3) is 2.20. The summed E-state index contributed by atoms with van der Waals surface area (Å²) in [6, 6.07) is 0. The topological polar surface area (TPSA) is 57.6 Å². The Bertz CT molecular complexity index is 302. The highest BCUT2D eigenvalue weighted by Crippen LogP contribution is 2.41. The number of carboxylic acids is 1. The predicted octanol–water partition coefficient (Wildman–Crippen LogP) is 1.89. The summed E-state index contributed by atoms with van der Waals surface area (Å²) in [5.74, 6) is -1.11. The SMILES string of the molecule is CC(=O)N1C(C)(C)CC(C(=O)O)CC1(C)C. The van der Waals surface area contributed by atoms with Gasteiger partial charge in [0, 0.05) is 18.0 Å². The molecule has 0 unspecified atom stereocenters. The zero-order chi connectivity index (χ0) is 12.7. The number of carbonyl (C=O) groups excluding carboxylic acids is 1. The molecule has 4 heteroatoms. The molecule has 1 aliphatic heterocycles. The van der Waals surface area contributed by atoms with Gasteiger partial charge in [0.1, 0.15) is 0 Å². The first kappa shape index (κ1) is 13.0. The van der Waals surface area contributed by atoms with Crippen LogP contribution in [0.1, 0.15) is 47.5 Å². The van der Waals surface area contributed by atoms with E-state index in [-0.39, 0.29) is 11.8 Å². The predicted molar refractivity (Wildman–Crippen MR) is 61.0 cm³/mol. The number of nitrogens with zero attached hydrogens (tertiary/aromatic N) is 1. The second-order valence-electron chi connectivity index (χ2n) is 5.92. The Balaban J connectivity index is 3.08. The average Bonchev–Trinajstić information content (AvgIpc) is 1.96. The molecular weight excluding hydrogens is 206 g/mol. The summed E-state index contributed by atoms with van der Waals surface area (Å²) < 4.78 is 0. The van der Waals surface area contributed by atoms with Crippen LogP contribution in [-0.4, -0.2) is 33.0 Å². The van der Waals surface area contributed by atoms with Crippen LogP contribution >= 0.6 is 0 Å². The maximum Gasteiger partial charge on any atom is 0.306 e. The van der Waals surface area contributed by atoms with Crippen molar-refractivity contribution < 1.29 is 14.7 Å². The standard InChI is InChI=1S/C12H21NO3/c1-8(14)13-11(2,3)6-9(10(15)16)7-12(13,4)5/h9H,6-7H2,1-5H3,(H,15,16). The number of carbonyl (C=O) groups is 2. The second-order valence-corrected chi connectivity index (χ2v) is 5.92. The number of rotatable bonds is 1. The summed E-state index contributed by atoms with van der Waals surface area (Å²) in [7, 11) is 0. The Morgan fingerprint density at radius 1 is 1.12 bits per heavy atom. The first-order valence-corrected chi connectivity index (χ1v) is 5.61. The molecular formula is C12H21NO3. The van der Waals surface area contributed by atoms with Crippen LogP contribution in [0.2, 0.25) is 0 Å². The van der Waals surface area contributed by atoms with Gasteiger partial charge in [-0.3, -0.25) is 9.59 Å². The van der Waals surface area contributed by atoms with Crippen LogP contribution in [0.4, 0.5) is 0 Å². The Hall–Kier alpha value is -1.06. The van der Waals surface area contributed by atoms with Gasteiger partial charge in [0.2, 0.25) is 5.91 Å². The lowest BCUT2D eigenvalue weighted by molar-refractivity contribution is -0.160. The minimum absolute atomic E-state index is 0.0128. The van der Waals surface area contributed by atoms with Crippen molar-refractivity contribution in [1.29, 1.82) is 0 Å². The van der Waals surface area contributed by atoms with Crippen LogP contribution < -0.4 is 0 Å². The summed E-state index contributed by atoms with van der Waals surface area (Å²) in [6.07, 6.45) is 1.04. The molecule has 0 spiro atoms. The lowest BCUT2D eigenvalue weighted by Gasteiger charge is -2.54. The van der Waals surface area contributed by atoms with Gasteiger partial charge in [0.15, 0.2) is 0 Å². The van der Waals surface area contributed by atoms with Gasteiger partial charge < -0.3 is 10.0 Å². The van der Waals surface area contributed by atoms with Crippen LogP contribution in [-0.2, 0) is 9.59 Å². The summed E-state index contributed by atoms with van der Waals surface area (Å²) >= 11 is 0. The van der Waals surface area contributed by atoms with E-state index in [9.17, 15) is 9.59 Å². The quantitative estimate of drug-likeness (QED) is 0.744. The highest BCUT2D eigenvalue weighted by molar-refractivity contribution is 5.76.